The zero-order chi connectivity index (χ0) is 9.80. The first-order valence-electron chi connectivity index (χ1n) is 5.22. The van der Waals surface area contributed by atoms with Gasteiger partial charge in [-0.2, -0.15) is 0 Å². The van der Waals surface area contributed by atoms with Crippen LogP contribution in [0.3, 0.4) is 0 Å². The number of rotatable bonds is 3. The van der Waals surface area contributed by atoms with Crippen LogP contribution in [0.4, 0.5) is 0 Å². The molecular formula is C10H16N2O2. The standard InChI is InChI=1S/C10H16N2O2/c1-2-6-13-10-8-7-11-5-3-4-9(8)14-12-10/h11H,2-7H2,1H3. The zero-order valence-corrected chi connectivity index (χ0v) is 8.51. The number of ether oxygens (including phenoxy) is 1. The van der Waals surface area contributed by atoms with E-state index in [1.165, 1.54) is 0 Å². The van der Waals surface area contributed by atoms with E-state index >= 15 is 0 Å². The third-order valence-corrected chi connectivity index (χ3v) is 2.34. The van der Waals surface area contributed by atoms with Gasteiger partial charge in [0.15, 0.2) is 0 Å². The van der Waals surface area contributed by atoms with Crippen molar-refractivity contribution >= 4 is 0 Å². The van der Waals surface area contributed by atoms with Gasteiger partial charge in [-0.1, -0.05) is 6.92 Å². The van der Waals surface area contributed by atoms with Gasteiger partial charge in [0.2, 0.25) is 0 Å². The van der Waals surface area contributed by atoms with Crippen LogP contribution < -0.4 is 10.1 Å². The Labute approximate surface area is 83.6 Å². The molecule has 1 aliphatic heterocycles. The lowest BCUT2D eigenvalue weighted by Gasteiger charge is -2.02. The second kappa shape index (κ2) is 4.46. The molecule has 2 heterocycles. The van der Waals surface area contributed by atoms with Crippen molar-refractivity contribution in [1.29, 1.82) is 0 Å². The monoisotopic (exact) mass is 196 g/mol. The maximum atomic E-state index is 5.50. The fraction of sp³-hybridized carbons (Fsp3) is 0.700. The molecule has 4 nitrogen and oxygen atoms in total. The molecule has 2 rings (SSSR count). The Morgan fingerprint density at radius 3 is 3.36 bits per heavy atom. The number of aromatic nitrogens is 1. The van der Waals surface area contributed by atoms with Gasteiger partial charge in [0.25, 0.3) is 5.88 Å². The molecule has 0 unspecified atom stereocenters. The molecule has 0 amide bonds. The number of aryl methyl sites for hydroxylation is 1. The second-order valence-corrected chi connectivity index (χ2v) is 3.52. The molecule has 1 aromatic rings. The van der Waals surface area contributed by atoms with E-state index in [4.69, 9.17) is 9.26 Å². The summed E-state index contributed by atoms with van der Waals surface area (Å²) < 4.78 is 10.8. The molecule has 0 atom stereocenters. The van der Waals surface area contributed by atoms with Crippen molar-refractivity contribution in [3.8, 4) is 5.88 Å². The smallest absolute Gasteiger partial charge is 0.258 e. The van der Waals surface area contributed by atoms with Gasteiger partial charge >= 0.3 is 0 Å². The molecule has 0 aromatic carbocycles. The Bertz CT molecular complexity index is 296. The number of fused-ring (bicyclic) bond motifs is 1. The number of hydrogen-bond acceptors (Lipinski definition) is 4. The summed E-state index contributed by atoms with van der Waals surface area (Å²) in [5.41, 5.74) is 1.11. The Kier molecular flexibility index (Phi) is 3.03. The van der Waals surface area contributed by atoms with Crippen molar-refractivity contribution in [2.75, 3.05) is 13.2 Å². The average molecular weight is 196 g/mol. The molecule has 0 radical (unpaired) electrons. The lowest BCUT2D eigenvalue weighted by Crippen LogP contribution is -2.12. The van der Waals surface area contributed by atoms with Crippen LogP contribution in [0.15, 0.2) is 4.52 Å². The van der Waals surface area contributed by atoms with Crippen LogP contribution in [0.5, 0.6) is 5.88 Å². The van der Waals surface area contributed by atoms with Gasteiger partial charge in [-0.25, -0.2) is 0 Å². The van der Waals surface area contributed by atoms with E-state index in [9.17, 15) is 0 Å². The van der Waals surface area contributed by atoms with Crippen molar-refractivity contribution in [3.63, 3.8) is 0 Å². The summed E-state index contributed by atoms with van der Waals surface area (Å²) in [4.78, 5) is 0. The summed E-state index contributed by atoms with van der Waals surface area (Å²) in [5, 5.41) is 7.27. The van der Waals surface area contributed by atoms with Crippen LogP contribution in [-0.2, 0) is 13.0 Å². The Morgan fingerprint density at radius 1 is 1.57 bits per heavy atom. The summed E-state index contributed by atoms with van der Waals surface area (Å²) in [6, 6.07) is 0. The zero-order valence-electron chi connectivity index (χ0n) is 8.51. The molecular weight excluding hydrogens is 180 g/mol. The fourth-order valence-electron chi connectivity index (χ4n) is 1.60. The first kappa shape index (κ1) is 9.52. The molecule has 0 bridgehead atoms. The highest BCUT2D eigenvalue weighted by Crippen LogP contribution is 2.24. The lowest BCUT2D eigenvalue weighted by molar-refractivity contribution is 0.273. The first-order chi connectivity index (χ1) is 6.92. The van der Waals surface area contributed by atoms with Crippen LogP contribution in [0.1, 0.15) is 31.1 Å². The van der Waals surface area contributed by atoms with E-state index < -0.39 is 0 Å². The number of nitrogens with zero attached hydrogens (tertiary/aromatic N) is 1. The number of hydrogen-bond donors (Lipinski definition) is 1. The van der Waals surface area contributed by atoms with Gasteiger partial charge < -0.3 is 14.6 Å². The van der Waals surface area contributed by atoms with Crippen molar-refractivity contribution in [1.82, 2.24) is 10.5 Å². The predicted octanol–water partition coefficient (Wildman–Crippen LogP) is 1.50. The minimum absolute atomic E-state index is 0.677. The Balaban J connectivity index is 2.12. The molecule has 0 fully saturated rings. The van der Waals surface area contributed by atoms with Gasteiger partial charge in [0.05, 0.1) is 12.2 Å². The minimum Gasteiger partial charge on any atom is -0.475 e. The molecule has 14 heavy (non-hydrogen) atoms. The van der Waals surface area contributed by atoms with E-state index in [0.717, 1.165) is 43.7 Å². The maximum Gasteiger partial charge on any atom is 0.258 e. The summed E-state index contributed by atoms with van der Waals surface area (Å²) in [6.07, 6.45) is 3.06. The van der Waals surface area contributed by atoms with Gasteiger partial charge in [-0.3, -0.25) is 0 Å². The Morgan fingerprint density at radius 2 is 2.50 bits per heavy atom. The largest absolute Gasteiger partial charge is 0.475 e. The molecule has 0 spiro atoms. The van der Waals surface area contributed by atoms with E-state index in [1.54, 1.807) is 0 Å². The summed E-state index contributed by atoms with van der Waals surface area (Å²) >= 11 is 0. The van der Waals surface area contributed by atoms with E-state index in [2.05, 4.69) is 17.4 Å². The SMILES string of the molecule is CCCOc1noc2c1CNCCC2. The maximum absolute atomic E-state index is 5.50. The summed E-state index contributed by atoms with van der Waals surface area (Å²) in [6.45, 7) is 4.64. The van der Waals surface area contributed by atoms with Crippen molar-refractivity contribution in [2.24, 2.45) is 0 Å². The Hall–Kier alpha value is -1.03. The molecule has 0 aliphatic carbocycles. The highest BCUT2D eigenvalue weighted by molar-refractivity contribution is 5.29. The van der Waals surface area contributed by atoms with Crippen molar-refractivity contribution in [2.45, 2.75) is 32.7 Å². The second-order valence-electron chi connectivity index (χ2n) is 3.52. The molecule has 0 saturated carbocycles. The van der Waals surface area contributed by atoms with Crippen molar-refractivity contribution < 1.29 is 9.26 Å². The predicted molar refractivity (Wildman–Crippen MR) is 52.3 cm³/mol. The molecule has 1 aliphatic rings. The highest BCUT2D eigenvalue weighted by atomic mass is 16.5. The van der Waals surface area contributed by atoms with Crippen LogP contribution in [0, 0.1) is 0 Å². The van der Waals surface area contributed by atoms with E-state index in [1.807, 2.05) is 0 Å². The minimum atomic E-state index is 0.677. The molecule has 78 valence electrons. The van der Waals surface area contributed by atoms with Crippen LogP contribution >= 0.6 is 0 Å². The average Bonchev–Trinajstić information content (AvgIpc) is 2.45. The van der Waals surface area contributed by atoms with Gasteiger partial charge in [-0.05, 0) is 24.5 Å². The lowest BCUT2D eigenvalue weighted by atomic mass is 10.2. The normalized spacial score (nSPS) is 16.1. The van der Waals surface area contributed by atoms with Gasteiger partial charge in [-0.15, -0.1) is 0 Å². The molecule has 0 saturated heterocycles. The topological polar surface area (TPSA) is 47.3 Å². The van der Waals surface area contributed by atoms with Crippen LogP contribution in [-0.4, -0.2) is 18.3 Å². The quantitative estimate of drug-likeness (QED) is 0.795. The van der Waals surface area contributed by atoms with Gasteiger partial charge in [0.1, 0.15) is 5.76 Å². The molecule has 1 N–H and O–H groups in total. The third kappa shape index (κ3) is 1.90. The van der Waals surface area contributed by atoms with E-state index in [-0.39, 0.29) is 0 Å². The number of nitrogens with one attached hydrogen (secondary N) is 1. The summed E-state index contributed by atoms with van der Waals surface area (Å²) in [7, 11) is 0. The van der Waals surface area contributed by atoms with E-state index in [0.29, 0.717) is 12.5 Å². The van der Waals surface area contributed by atoms with Crippen molar-refractivity contribution in [3.05, 3.63) is 11.3 Å². The van der Waals surface area contributed by atoms with Crippen LogP contribution in [0.25, 0.3) is 0 Å². The van der Waals surface area contributed by atoms with Gasteiger partial charge in [0, 0.05) is 13.0 Å². The molecule has 1 aromatic heterocycles. The van der Waals surface area contributed by atoms with Crippen LogP contribution in [0.2, 0.25) is 0 Å². The highest BCUT2D eigenvalue weighted by Gasteiger charge is 2.18. The molecule has 4 heteroatoms. The summed E-state index contributed by atoms with van der Waals surface area (Å²) in [5.74, 6) is 1.66. The first-order valence-corrected chi connectivity index (χ1v) is 5.22. The fourth-order valence-corrected chi connectivity index (χ4v) is 1.60. The third-order valence-electron chi connectivity index (χ3n) is 2.34.